The summed E-state index contributed by atoms with van der Waals surface area (Å²) in [5.74, 6) is -0.0579. The molecule has 2 nitrogen and oxygen atoms in total. The molecule has 2 aromatic carbocycles. The van der Waals surface area contributed by atoms with Crippen molar-refractivity contribution >= 4 is 36.2 Å². The summed E-state index contributed by atoms with van der Waals surface area (Å²) in [6, 6.07) is 16.0. The van der Waals surface area contributed by atoms with Gasteiger partial charge in [0.2, 0.25) is 7.28 Å². The van der Waals surface area contributed by atoms with Crippen molar-refractivity contribution in [3.63, 3.8) is 0 Å². The van der Waals surface area contributed by atoms with Crippen molar-refractivity contribution in [1.29, 1.82) is 0 Å². The van der Waals surface area contributed by atoms with Gasteiger partial charge >= 0.3 is 0 Å². The second-order valence-corrected chi connectivity index (χ2v) is 8.68. The summed E-state index contributed by atoms with van der Waals surface area (Å²) < 4.78 is 2.32. The van der Waals surface area contributed by atoms with Gasteiger partial charge in [0, 0.05) is 28.5 Å². The van der Waals surface area contributed by atoms with Gasteiger partial charge in [0.05, 0.1) is 5.72 Å². The van der Waals surface area contributed by atoms with Crippen LogP contribution in [0.25, 0.3) is 0 Å². The van der Waals surface area contributed by atoms with Gasteiger partial charge in [-0.3, -0.25) is 4.98 Å². The molecule has 0 unspecified atom stereocenters. The van der Waals surface area contributed by atoms with Gasteiger partial charge in [-0.1, -0.05) is 98.6 Å². The highest BCUT2D eigenvalue weighted by Gasteiger charge is 2.24. The first-order chi connectivity index (χ1) is 14.6. The number of nitrogens with zero attached hydrogens (tertiary/aromatic N) is 2. The van der Waals surface area contributed by atoms with Crippen LogP contribution in [0, 0.1) is 6.92 Å². The summed E-state index contributed by atoms with van der Waals surface area (Å²) in [6.07, 6.45) is 9.65. The topological polar surface area (TPSA) is 17.8 Å². The SMILES string of the molecule is CCCCCCCCn1c(C)cnc1[B]C(c1ccccc1Cl)c1ccccc1Cl. The first-order valence-electron chi connectivity index (χ1n) is 11.0. The Balaban J connectivity index is 1.82. The molecule has 0 fully saturated rings. The summed E-state index contributed by atoms with van der Waals surface area (Å²) in [7, 11) is 2.20. The minimum absolute atomic E-state index is 0.0579. The molecule has 0 spiro atoms. The van der Waals surface area contributed by atoms with Crippen LogP contribution in [0.3, 0.4) is 0 Å². The number of hydrogen-bond donors (Lipinski definition) is 0. The number of halogens is 2. The van der Waals surface area contributed by atoms with Crippen molar-refractivity contribution in [2.75, 3.05) is 0 Å². The Hall–Kier alpha value is -1.71. The minimum atomic E-state index is -0.0579. The Kier molecular flexibility index (Phi) is 8.90. The van der Waals surface area contributed by atoms with Crippen LogP contribution in [0.15, 0.2) is 54.7 Å². The Morgan fingerprint density at radius 2 is 1.43 bits per heavy atom. The molecule has 0 aliphatic rings. The Morgan fingerprint density at radius 1 is 0.867 bits per heavy atom. The molecule has 0 saturated carbocycles. The number of rotatable bonds is 11. The molecule has 1 radical (unpaired) electrons. The lowest BCUT2D eigenvalue weighted by Crippen LogP contribution is -2.32. The van der Waals surface area contributed by atoms with Crippen molar-refractivity contribution in [1.82, 2.24) is 9.55 Å². The maximum Gasteiger partial charge on any atom is 0.215 e. The van der Waals surface area contributed by atoms with E-state index in [2.05, 4.69) is 37.8 Å². The molecule has 3 aromatic rings. The van der Waals surface area contributed by atoms with E-state index in [9.17, 15) is 0 Å². The molecule has 5 heteroatoms. The lowest BCUT2D eigenvalue weighted by molar-refractivity contribution is 0.558. The number of aromatic nitrogens is 2. The number of benzene rings is 2. The molecule has 1 aromatic heterocycles. The molecule has 3 rings (SSSR count). The van der Waals surface area contributed by atoms with Crippen LogP contribution >= 0.6 is 23.2 Å². The van der Waals surface area contributed by atoms with Gasteiger partial charge in [0.25, 0.3) is 0 Å². The lowest BCUT2D eigenvalue weighted by Gasteiger charge is -2.20. The Bertz CT molecular complexity index is 893. The third-order valence-electron chi connectivity index (χ3n) is 5.62. The van der Waals surface area contributed by atoms with E-state index in [4.69, 9.17) is 28.2 Å². The number of hydrogen-bond acceptors (Lipinski definition) is 1. The van der Waals surface area contributed by atoms with E-state index in [0.717, 1.165) is 33.4 Å². The summed E-state index contributed by atoms with van der Waals surface area (Å²) >= 11 is 13.2. The van der Waals surface area contributed by atoms with Crippen LogP contribution in [0.4, 0.5) is 0 Å². The molecule has 0 bridgehead atoms. The zero-order valence-corrected chi connectivity index (χ0v) is 19.5. The van der Waals surface area contributed by atoms with Gasteiger partial charge in [-0.25, -0.2) is 0 Å². The van der Waals surface area contributed by atoms with Gasteiger partial charge in [-0.15, -0.1) is 0 Å². The number of unbranched alkanes of at least 4 members (excludes halogenated alkanes) is 5. The molecular weight excluding hydrogens is 410 g/mol. The Morgan fingerprint density at radius 3 is 2.03 bits per heavy atom. The van der Waals surface area contributed by atoms with E-state index in [1.54, 1.807) is 0 Å². The molecule has 0 saturated heterocycles. The highest BCUT2D eigenvalue weighted by molar-refractivity contribution is 6.55. The predicted molar refractivity (Wildman–Crippen MR) is 130 cm³/mol. The van der Waals surface area contributed by atoms with Crippen LogP contribution in [-0.4, -0.2) is 16.8 Å². The van der Waals surface area contributed by atoms with Gasteiger partial charge < -0.3 is 4.57 Å². The van der Waals surface area contributed by atoms with E-state index in [-0.39, 0.29) is 5.82 Å². The first kappa shape index (κ1) is 23.0. The molecule has 0 amide bonds. The van der Waals surface area contributed by atoms with Crippen molar-refractivity contribution < 1.29 is 0 Å². The van der Waals surface area contributed by atoms with E-state index in [0.29, 0.717) is 0 Å². The van der Waals surface area contributed by atoms with Crippen molar-refractivity contribution in [3.05, 3.63) is 81.6 Å². The maximum atomic E-state index is 6.59. The van der Waals surface area contributed by atoms with Crippen molar-refractivity contribution in [2.45, 2.75) is 64.7 Å². The summed E-state index contributed by atoms with van der Waals surface area (Å²) in [6.45, 7) is 5.37. The largest absolute Gasteiger partial charge is 0.341 e. The predicted octanol–water partition coefficient (Wildman–Crippen LogP) is 6.98. The normalized spacial score (nSPS) is 11.2. The highest BCUT2D eigenvalue weighted by atomic mass is 35.5. The second-order valence-electron chi connectivity index (χ2n) is 7.86. The van der Waals surface area contributed by atoms with Gasteiger partial charge in [-0.05, 0) is 42.4 Å². The fraction of sp³-hybridized carbons (Fsp3) is 0.400. The summed E-state index contributed by atoms with van der Waals surface area (Å²) in [5.41, 5.74) is 4.25. The van der Waals surface area contributed by atoms with Crippen molar-refractivity contribution in [2.24, 2.45) is 0 Å². The average Bonchev–Trinajstić information content (AvgIpc) is 3.09. The van der Waals surface area contributed by atoms with Gasteiger partial charge in [0.1, 0.15) is 0 Å². The fourth-order valence-corrected chi connectivity index (χ4v) is 4.41. The molecule has 0 aliphatic heterocycles. The van der Waals surface area contributed by atoms with Crippen LogP contribution in [-0.2, 0) is 6.54 Å². The first-order valence-corrected chi connectivity index (χ1v) is 11.7. The quantitative estimate of drug-likeness (QED) is 0.232. The van der Waals surface area contributed by atoms with E-state index in [1.165, 1.54) is 44.2 Å². The van der Waals surface area contributed by atoms with E-state index < -0.39 is 0 Å². The molecule has 0 aliphatic carbocycles. The third-order valence-corrected chi connectivity index (χ3v) is 6.31. The van der Waals surface area contributed by atoms with Crippen LogP contribution in [0.2, 0.25) is 10.0 Å². The fourth-order valence-electron chi connectivity index (χ4n) is 3.90. The molecular formula is C25H30BCl2N2. The van der Waals surface area contributed by atoms with E-state index in [1.807, 2.05) is 42.6 Å². The summed E-state index contributed by atoms with van der Waals surface area (Å²) in [4.78, 5) is 4.72. The molecule has 1 heterocycles. The molecule has 30 heavy (non-hydrogen) atoms. The Labute approximate surface area is 191 Å². The highest BCUT2D eigenvalue weighted by Crippen LogP contribution is 2.33. The lowest BCUT2D eigenvalue weighted by atomic mass is 9.58. The molecule has 0 N–H and O–H groups in total. The zero-order valence-electron chi connectivity index (χ0n) is 18.0. The standard InChI is InChI=1S/C25H30BCl2N2/c1-3-4-5-6-7-12-17-30-19(2)18-29-25(30)26-24(20-13-8-10-15-22(20)27)21-14-9-11-16-23(21)28/h8-11,13-16,18,24H,3-7,12,17H2,1-2H3. The van der Waals surface area contributed by atoms with Crippen LogP contribution in [0.5, 0.6) is 0 Å². The smallest absolute Gasteiger partial charge is 0.215 e. The minimum Gasteiger partial charge on any atom is -0.341 e. The number of imidazole rings is 1. The van der Waals surface area contributed by atoms with Crippen LogP contribution < -0.4 is 5.72 Å². The number of aryl methyl sites for hydroxylation is 1. The monoisotopic (exact) mass is 439 g/mol. The third kappa shape index (κ3) is 5.92. The van der Waals surface area contributed by atoms with Gasteiger partial charge in [0.15, 0.2) is 0 Å². The second kappa shape index (κ2) is 11.6. The van der Waals surface area contributed by atoms with Gasteiger partial charge in [-0.2, -0.15) is 0 Å². The van der Waals surface area contributed by atoms with Crippen molar-refractivity contribution in [3.8, 4) is 0 Å². The molecule has 0 atom stereocenters. The maximum absolute atomic E-state index is 6.59. The summed E-state index contributed by atoms with van der Waals surface area (Å²) in [5, 5.41) is 1.48. The van der Waals surface area contributed by atoms with Crippen LogP contribution in [0.1, 0.15) is 68.1 Å². The zero-order chi connectivity index (χ0) is 21.3. The average molecular weight is 440 g/mol. The van der Waals surface area contributed by atoms with E-state index >= 15 is 0 Å². The molecule has 157 valence electrons.